The molecule has 0 aliphatic carbocycles. The Hall–Kier alpha value is -2.65. The SMILES string of the molecule is c1ccc2cc(CCNCc3cccc4ccnn34)ccc2c1. The van der Waals surface area contributed by atoms with Crippen LogP contribution in [0.1, 0.15) is 11.3 Å². The zero-order valence-electron chi connectivity index (χ0n) is 12.9. The average Bonchev–Trinajstić information content (AvgIpc) is 3.08. The molecule has 23 heavy (non-hydrogen) atoms. The summed E-state index contributed by atoms with van der Waals surface area (Å²) < 4.78 is 1.99. The molecule has 0 amide bonds. The molecule has 0 radical (unpaired) electrons. The Balaban J connectivity index is 1.38. The Morgan fingerprint density at radius 2 is 1.78 bits per heavy atom. The van der Waals surface area contributed by atoms with Crippen LogP contribution in [0, 0.1) is 0 Å². The van der Waals surface area contributed by atoms with Crippen LogP contribution in [0.25, 0.3) is 16.3 Å². The molecule has 2 aromatic carbocycles. The summed E-state index contributed by atoms with van der Waals surface area (Å²) in [5.41, 5.74) is 3.69. The first-order valence-electron chi connectivity index (χ1n) is 8.00. The van der Waals surface area contributed by atoms with Crippen LogP contribution < -0.4 is 5.32 Å². The zero-order chi connectivity index (χ0) is 15.5. The van der Waals surface area contributed by atoms with Crippen molar-refractivity contribution in [3.63, 3.8) is 0 Å². The molecule has 0 atom stereocenters. The molecule has 0 bridgehead atoms. The summed E-state index contributed by atoms with van der Waals surface area (Å²) in [5, 5.41) is 10.5. The van der Waals surface area contributed by atoms with Crippen molar-refractivity contribution in [2.45, 2.75) is 13.0 Å². The van der Waals surface area contributed by atoms with Crippen LogP contribution in [0.2, 0.25) is 0 Å². The molecule has 3 heteroatoms. The molecule has 0 aliphatic rings. The molecule has 0 spiro atoms. The fraction of sp³-hybridized carbons (Fsp3) is 0.150. The highest BCUT2D eigenvalue weighted by Gasteiger charge is 2.01. The van der Waals surface area contributed by atoms with Crippen molar-refractivity contribution in [3.05, 3.63) is 84.2 Å². The molecule has 4 rings (SSSR count). The van der Waals surface area contributed by atoms with Gasteiger partial charge >= 0.3 is 0 Å². The van der Waals surface area contributed by atoms with E-state index in [1.54, 1.807) is 0 Å². The van der Waals surface area contributed by atoms with Gasteiger partial charge in [-0.1, -0.05) is 48.5 Å². The van der Waals surface area contributed by atoms with E-state index in [0.717, 1.165) is 25.0 Å². The highest BCUT2D eigenvalue weighted by molar-refractivity contribution is 5.82. The molecule has 0 aliphatic heterocycles. The van der Waals surface area contributed by atoms with Crippen molar-refractivity contribution in [2.24, 2.45) is 0 Å². The molecular formula is C20H19N3. The Morgan fingerprint density at radius 3 is 2.74 bits per heavy atom. The number of benzene rings is 2. The van der Waals surface area contributed by atoms with Crippen LogP contribution in [-0.2, 0) is 13.0 Å². The third-order valence-electron chi connectivity index (χ3n) is 4.21. The lowest BCUT2D eigenvalue weighted by Crippen LogP contribution is -2.18. The van der Waals surface area contributed by atoms with Crippen LogP contribution >= 0.6 is 0 Å². The van der Waals surface area contributed by atoms with Crippen LogP contribution in [-0.4, -0.2) is 16.2 Å². The van der Waals surface area contributed by atoms with E-state index in [9.17, 15) is 0 Å². The van der Waals surface area contributed by atoms with Gasteiger partial charge in [0.2, 0.25) is 0 Å². The van der Waals surface area contributed by atoms with Gasteiger partial charge < -0.3 is 5.32 Å². The molecule has 2 heterocycles. The number of nitrogens with one attached hydrogen (secondary N) is 1. The predicted octanol–water partition coefficient (Wildman–Crippen LogP) is 3.82. The summed E-state index contributed by atoms with van der Waals surface area (Å²) >= 11 is 0. The normalized spacial score (nSPS) is 11.3. The monoisotopic (exact) mass is 301 g/mol. The van der Waals surface area contributed by atoms with Crippen molar-refractivity contribution in [1.29, 1.82) is 0 Å². The first-order chi connectivity index (χ1) is 11.4. The summed E-state index contributed by atoms with van der Waals surface area (Å²) in [6, 6.07) is 23.5. The summed E-state index contributed by atoms with van der Waals surface area (Å²) in [5.74, 6) is 0. The standard InChI is InChI=1S/C20H19N3/c1-2-5-18-14-16(8-9-17(18)4-1)10-12-21-15-20-7-3-6-19-11-13-22-23(19)20/h1-9,11,13-14,21H,10,12,15H2. The van der Waals surface area contributed by atoms with Gasteiger partial charge in [-0.05, 0) is 47.5 Å². The van der Waals surface area contributed by atoms with Crippen LogP contribution in [0.5, 0.6) is 0 Å². The van der Waals surface area contributed by atoms with Gasteiger partial charge in [0.05, 0.1) is 11.2 Å². The smallest absolute Gasteiger partial charge is 0.0665 e. The van der Waals surface area contributed by atoms with Gasteiger partial charge in [-0.25, -0.2) is 4.52 Å². The summed E-state index contributed by atoms with van der Waals surface area (Å²) in [7, 11) is 0. The third kappa shape index (κ3) is 2.96. The van der Waals surface area contributed by atoms with Crippen molar-refractivity contribution < 1.29 is 0 Å². The molecule has 1 N–H and O–H groups in total. The Bertz CT molecular complexity index is 940. The average molecular weight is 301 g/mol. The van der Waals surface area contributed by atoms with Gasteiger partial charge in [-0.3, -0.25) is 0 Å². The van der Waals surface area contributed by atoms with Gasteiger partial charge in [-0.15, -0.1) is 0 Å². The minimum atomic E-state index is 0.826. The molecule has 2 aromatic heterocycles. The number of hydrogen-bond donors (Lipinski definition) is 1. The lowest BCUT2D eigenvalue weighted by atomic mass is 10.1. The zero-order valence-corrected chi connectivity index (χ0v) is 12.9. The second-order valence-electron chi connectivity index (χ2n) is 5.79. The molecular weight excluding hydrogens is 282 g/mol. The van der Waals surface area contributed by atoms with Gasteiger partial charge in [0.1, 0.15) is 0 Å². The number of pyridine rings is 1. The number of aromatic nitrogens is 2. The van der Waals surface area contributed by atoms with Crippen LogP contribution in [0.15, 0.2) is 72.9 Å². The second-order valence-corrected chi connectivity index (χ2v) is 5.79. The summed E-state index contributed by atoms with van der Waals surface area (Å²) in [4.78, 5) is 0. The van der Waals surface area contributed by atoms with Crippen LogP contribution in [0.3, 0.4) is 0 Å². The number of nitrogens with zero attached hydrogens (tertiary/aromatic N) is 2. The number of hydrogen-bond acceptors (Lipinski definition) is 2. The number of fused-ring (bicyclic) bond motifs is 2. The largest absolute Gasteiger partial charge is 0.311 e. The minimum absolute atomic E-state index is 0.826. The molecule has 0 unspecified atom stereocenters. The van der Waals surface area contributed by atoms with Crippen molar-refractivity contribution in [1.82, 2.24) is 14.9 Å². The van der Waals surface area contributed by atoms with Crippen molar-refractivity contribution in [2.75, 3.05) is 6.54 Å². The quantitative estimate of drug-likeness (QED) is 0.568. The van der Waals surface area contributed by atoms with E-state index in [2.05, 4.69) is 71.1 Å². The van der Waals surface area contributed by atoms with E-state index >= 15 is 0 Å². The van der Waals surface area contributed by atoms with E-state index < -0.39 is 0 Å². The van der Waals surface area contributed by atoms with Crippen molar-refractivity contribution >= 4 is 16.3 Å². The predicted molar refractivity (Wildman–Crippen MR) is 94.6 cm³/mol. The maximum absolute atomic E-state index is 4.37. The highest BCUT2D eigenvalue weighted by Crippen LogP contribution is 2.15. The highest BCUT2D eigenvalue weighted by atomic mass is 15.2. The van der Waals surface area contributed by atoms with E-state index in [1.165, 1.54) is 22.0 Å². The topological polar surface area (TPSA) is 29.3 Å². The first-order valence-corrected chi connectivity index (χ1v) is 8.00. The van der Waals surface area contributed by atoms with Gasteiger partial charge in [0.15, 0.2) is 0 Å². The molecule has 0 saturated carbocycles. The van der Waals surface area contributed by atoms with E-state index in [4.69, 9.17) is 0 Å². The van der Waals surface area contributed by atoms with E-state index in [0.29, 0.717) is 0 Å². The van der Waals surface area contributed by atoms with Crippen LogP contribution in [0.4, 0.5) is 0 Å². The lowest BCUT2D eigenvalue weighted by molar-refractivity contribution is 0.658. The second kappa shape index (κ2) is 6.23. The maximum Gasteiger partial charge on any atom is 0.0665 e. The molecule has 0 saturated heterocycles. The Morgan fingerprint density at radius 1 is 0.870 bits per heavy atom. The molecule has 4 aromatic rings. The van der Waals surface area contributed by atoms with Gasteiger partial charge in [0, 0.05) is 12.7 Å². The minimum Gasteiger partial charge on any atom is -0.311 e. The van der Waals surface area contributed by atoms with Crippen molar-refractivity contribution in [3.8, 4) is 0 Å². The third-order valence-corrected chi connectivity index (χ3v) is 4.21. The lowest BCUT2D eigenvalue weighted by Gasteiger charge is -2.08. The molecule has 0 fully saturated rings. The van der Waals surface area contributed by atoms with E-state index in [-0.39, 0.29) is 0 Å². The molecule has 114 valence electrons. The Labute approximate surface area is 135 Å². The summed E-state index contributed by atoms with van der Waals surface area (Å²) in [6.07, 6.45) is 2.87. The fourth-order valence-corrected chi connectivity index (χ4v) is 2.99. The Kier molecular flexibility index (Phi) is 3.78. The van der Waals surface area contributed by atoms with Gasteiger partial charge in [0.25, 0.3) is 0 Å². The molecule has 3 nitrogen and oxygen atoms in total. The first kappa shape index (κ1) is 14.0. The maximum atomic E-state index is 4.37. The summed E-state index contributed by atoms with van der Waals surface area (Å²) in [6.45, 7) is 1.78. The van der Waals surface area contributed by atoms with E-state index in [1.807, 2.05) is 16.8 Å². The fourth-order valence-electron chi connectivity index (χ4n) is 2.99. The number of rotatable bonds is 5. The van der Waals surface area contributed by atoms with Gasteiger partial charge in [-0.2, -0.15) is 5.10 Å².